The number of carbonyl (C=O) groups excluding carboxylic acids is 1. The molecular formula is C14H19Cl2N3O. The number of hydrogen-bond acceptors (Lipinski definition) is 2. The van der Waals surface area contributed by atoms with Crippen LogP contribution in [0.3, 0.4) is 0 Å². The van der Waals surface area contributed by atoms with E-state index in [-0.39, 0.29) is 5.91 Å². The molecule has 1 aromatic rings. The molecule has 0 aliphatic carbocycles. The van der Waals surface area contributed by atoms with E-state index >= 15 is 0 Å². The average Bonchev–Trinajstić information content (AvgIpc) is 3.09. The topological polar surface area (TPSA) is 48.1 Å². The number of nitrogens with one attached hydrogen (secondary N) is 2. The molecule has 2 aliphatic rings. The van der Waals surface area contributed by atoms with Gasteiger partial charge in [0.1, 0.15) is 10.8 Å². The summed E-state index contributed by atoms with van der Waals surface area (Å²) in [5.41, 5.74) is 0.486. The van der Waals surface area contributed by atoms with Crippen molar-refractivity contribution in [2.45, 2.75) is 31.7 Å². The minimum absolute atomic E-state index is 0.00139. The van der Waals surface area contributed by atoms with Crippen molar-refractivity contribution in [2.24, 2.45) is 5.92 Å². The molecule has 0 saturated carbocycles. The Morgan fingerprint density at radius 3 is 2.80 bits per heavy atom. The van der Waals surface area contributed by atoms with Gasteiger partial charge >= 0.3 is 0 Å². The minimum Gasteiger partial charge on any atom is -0.340 e. The van der Waals surface area contributed by atoms with Gasteiger partial charge in [-0.05, 0) is 44.2 Å². The summed E-state index contributed by atoms with van der Waals surface area (Å²) in [5.74, 6) is 0.567. The van der Waals surface area contributed by atoms with Crippen LogP contribution in [0.5, 0.6) is 0 Å². The van der Waals surface area contributed by atoms with Gasteiger partial charge < -0.3 is 15.2 Å². The van der Waals surface area contributed by atoms with Crippen molar-refractivity contribution >= 4 is 29.1 Å². The van der Waals surface area contributed by atoms with Crippen molar-refractivity contribution < 1.29 is 4.79 Å². The molecule has 2 saturated heterocycles. The second-order valence-electron chi connectivity index (χ2n) is 5.70. The Bertz CT molecular complexity index is 477. The van der Waals surface area contributed by atoms with Gasteiger partial charge in [-0.1, -0.05) is 23.2 Å². The maximum atomic E-state index is 12.5. The first-order valence-electron chi connectivity index (χ1n) is 7.22. The Morgan fingerprint density at radius 2 is 2.15 bits per heavy atom. The monoisotopic (exact) mass is 315 g/mol. The molecule has 0 aromatic carbocycles. The zero-order valence-corrected chi connectivity index (χ0v) is 12.8. The highest BCUT2D eigenvalue weighted by Crippen LogP contribution is 2.27. The van der Waals surface area contributed by atoms with Crippen molar-refractivity contribution in [3.8, 4) is 0 Å². The molecule has 2 fully saturated rings. The zero-order valence-electron chi connectivity index (χ0n) is 11.3. The third-order valence-electron chi connectivity index (χ3n) is 4.37. The van der Waals surface area contributed by atoms with Crippen molar-refractivity contribution in [2.75, 3.05) is 19.6 Å². The number of halogens is 2. The summed E-state index contributed by atoms with van der Waals surface area (Å²) in [5, 5.41) is 4.29. The van der Waals surface area contributed by atoms with Crippen molar-refractivity contribution in [3.63, 3.8) is 0 Å². The van der Waals surface area contributed by atoms with Crippen LogP contribution in [0.1, 0.15) is 36.2 Å². The van der Waals surface area contributed by atoms with Crippen LogP contribution < -0.4 is 5.32 Å². The Labute approximate surface area is 128 Å². The highest BCUT2D eigenvalue weighted by Gasteiger charge is 2.31. The molecule has 2 unspecified atom stereocenters. The largest absolute Gasteiger partial charge is 0.340 e. The average molecular weight is 316 g/mol. The molecule has 4 nitrogen and oxygen atoms in total. The van der Waals surface area contributed by atoms with E-state index in [1.165, 1.54) is 19.3 Å². The number of hydrogen-bond donors (Lipinski definition) is 2. The number of likely N-dealkylation sites (tertiary alicyclic amines) is 1. The van der Waals surface area contributed by atoms with E-state index in [0.29, 0.717) is 27.8 Å². The Kier molecular flexibility index (Phi) is 4.24. The molecule has 2 atom stereocenters. The second-order valence-corrected chi connectivity index (χ2v) is 6.49. The second kappa shape index (κ2) is 5.96. The highest BCUT2D eigenvalue weighted by atomic mass is 35.5. The molecule has 6 heteroatoms. The van der Waals surface area contributed by atoms with Crippen LogP contribution in [0.25, 0.3) is 0 Å². The third kappa shape index (κ3) is 2.83. The fourth-order valence-corrected chi connectivity index (χ4v) is 3.64. The van der Waals surface area contributed by atoms with E-state index in [1.807, 2.05) is 4.90 Å². The zero-order chi connectivity index (χ0) is 14.1. The van der Waals surface area contributed by atoms with Gasteiger partial charge in [-0.15, -0.1) is 0 Å². The minimum atomic E-state index is 0.00139. The predicted molar refractivity (Wildman–Crippen MR) is 80.5 cm³/mol. The van der Waals surface area contributed by atoms with Crippen molar-refractivity contribution in [1.82, 2.24) is 15.2 Å². The number of rotatable bonds is 2. The molecule has 0 bridgehead atoms. The van der Waals surface area contributed by atoms with E-state index < -0.39 is 0 Å². The summed E-state index contributed by atoms with van der Waals surface area (Å²) in [7, 11) is 0. The van der Waals surface area contributed by atoms with Crippen LogP contribution in [0.2, 0.25) is 10.2 Å². The molecule has 110 valence electrons. The normalized spacial score (nSPS) is 27.0. The fraction of sp³-hybridized carbons (Fsp3) is 0.643. The molecule has 3 heterocycles. The first kappa shape index (κ1) is 14.2. The number of amides is 1. The van der Waals surface area contributed by atoms with Gasteiger partial charge in [-0.25, -0.2) is 0 Å². The lowest BCUT2D eigenvalue weighted by molar-refractivity contribution is 0.0646. The summed E-state index contributed by atoms with van der Waals surface area (Å²) in [6.45, 7) is 2.75. The van der Waals surface area contributed by atoms with Crippen LogP contribution in [0.15, 0.2) is 6.07 Å². The van der Waals surface area contributed by atoms with Crippen molar-refractivity contribution in [1.29, 1.82) is 0 Å². The van der Waals surface area contributed by atoms with Crippen LogP contribution in [-0.4, -0.2) is 41.5 Å². The molecular weight excluding hydrogens is 297 g/mol. The molecule has 2 aliphatic heterocycles. The number of H-pyrrole nitrogens is 1. The maximum Gasteiger partial charge on any atom is 0.270 e. The number of nitrogens with zero attached hydrogens (tertiary/aromatic N) is 1. The smallest absolute Gasteiger partial charge is 0.270 e. The van der Waals surface area contributed by atoms with E-state index in [1.54, 1.807) is 6.07 Å². The lowest BCUT2D eigenvalue weighted by atomic mass is 9.89. The van der Waals surface area contributed by atoms with Crippen LogP contribution in [-0.2, 0) is 0 Å². The number of aromatic amines is 1. The van der Waals surface area contributed by atoms with Crippen LogP contribution in [0, 0.1) is 5.92 Å². The van der Waals surface area contributed by atoms with Crippen molar-refractivity contribution in [3.05, 3.63) is 21.9 Å². The Balaban J connectivity index is 1.68. The van der Waals surface area contributed by atoms with E-state index in [4.69, 9.17) is 23.2 Å². The summed E-state index contributed by atoms with van der Waals surface area (Å²) in [6.07, 6.45) is 4.74. The first-order valence-corrected chi connectivity index (χ1v) is 7.97. The molecule has 20 heavy (non-hydrogen) atoms. The lowest BCUT2D eigenvalue weighted by Crippen LogP contribution is -2.45. The van der Waals surface area contributed by atoms with Gasteiger partial charge in [-0.3, -0.25) is 4.79 Å². The van der Waals surface area contributed by atoms with E-state index in [0.717, 1.165) is 26.1 Å². The number of carbonyl (C=O) groups is 1. The van der Waals surface area contributed by atoms with Crippen LogP contribution in [0.4, 0.5) is 0 Å². The van der Waals surface area contributed by atoms with E-state index in [2.05, 4.69) is 10.3 Å². The molecule has 0 spiro atoms. The lowest BCUT2D eigenvalue weighted by Gasteiger charge is -2.35. The Hall–Kier alpha value is -0.710. The molecule has 3 rings (SSSR count). The standard InChI is InChI=1S/C14H19Cl2N3O/c15-10-7-12(18-13(10)16)14(20)19-6-2-3-9(8-19)11-4-1-5-17-11/h7,9,11,17-18H,1-6,8H2. The molecule has 2 N–H and O–H groups in total. The molecule has 1 aromatic heterocycles. The van der Waals surface area contributed by atoms with Gasteiger partial charge in [0, 0.05) is 19.1 Å². The SMILES string of the molecule is O=C(c1cc(Cl)c(Cl)[nH]1)N1CCCC(C2CCCN2)C1. The molecule has 0 radical (unpaired) electrons. The number of piperidine rings is 1. The summed E-state index contributed by atoms with van der Waals surface area (Å²) >= 11 is 11.8. The number of aromatic nitrogens is 1. The summed E-state index contributed by atoms with van der Waals surface area (Å²) in [6, 6.07) is 2.19. The summed E-state index contributed by atoms with van der Waals surface area (Å²) in [4.78, 5) is 17.3. The maximum absolute atomic E-state index is 12.5. The van der Waals surface area contributed by atoms with Gasteiger partial charge in [0.05, 0.1) is 5.02 Å². The molecule has 1 amide bonds. The van der Waals surface area contributed by atoms with E-state index in [9.17, 15) is 4.79 Å². The first-order chi connectivity index (χ1) is 9.65. The third-order valence-corrected chi connectivity index (χ3v) is 5.06. The quantitative estimate of drug-likeness (QED) is 0.881. The van der Waals surface area contributed by atoms with Gasteiger partial charge in [0.15, 0.2) is 0 Å². The Morgan fingerprint density at radius 1 is 1.30 bits per heavy atom. The summed E-state index contributed by atoms with van der Waals surface area (Å²) < 4.78 is 0. The highest BCUT2D eigenvalue weighted by molar-refractivity contribution is 6.41. The van der Waals surface area contributed by atoms with Gasteiger partial charge in [0.2, 0.25) is 0 Å². The van der Waals surface area contributed by atoms with Gasteiger partial charge in [-0.2, -0.15) is 0 Å². The van der Waals surface area contributed by atoms with Crippen LogP contribution >= 0.6 is 23.2 Å². The van der Waals surface area contributed by atoms with Gasteiger partial charge in [0.25, 0.3) is 5.91 Å². The fourth-order valence-electron chi connectivity index (χ4n) is 3.33. The predicted octanol–water partition coefficient (Wildman–Crippen LogP) is 2.93.